The van der Waals surface area contributed by atoms with Crippen LogP contribution in [0.1, 0.15) is 37.6 Å². The van der Waals surface area contributed by atoms with Gasteiger partial charge in [0, 0.05) is 19.7 Å². The lowest BCUT2D eigenvalue weighted by Gasteiger charge is -2.11. The Bertz CT molecular complexity index is 588. The third-order valence-electron chi connectivity index (χ3n) is 3.90. The summed E-state index contributed by atoms with van der Waals surface area (Å²) >= 11 is 0. The van der Waals surface area contributed by atoms with Gasteiger partial charge >= 0.3 is 0 Å². The summed E-state index contributed by atoms with van der Waals surface area (Å²) in [6.07, 6.45) is 2.71. The summed E-state index contributed by atoms with van der Waals surface area (Å²) in [5.74, 6) is 0. The molecule has 0 spiro atoms. The predicted octanol–water partition coefficient (Wildman–Crippen LogP) is 0.961. The first-order valence-electron chi connectivity index (χ1n) is 6.94. The Morgan fingerprint density at radius 2 is 2.05 bits per heavy atom. The molecule has 6 nitrogen and oxygen atoms in total. The maximum Gasteiger partial charge on any atom is 0.244 e. The fourth-order valence-electron chi connectivity index (χ4n) is 2.24. The van der Waals surface area contributed by atoms with E-state index in [0.717, 1.165) is 12.8 Å². The van der Waals surface area contributed by atoms with Gasteiger partial charge in [-0.15, -0.1) is 0 Å². The largest absolute Gasteiger partial charge is 0.396 e. The number of aryl methyl sites for hydroxylation is 2. The molecule has 1 aromatic rings. The Hall–Kier alpha value is -0.920. The van der Waals surface area contributed by atoms with E-state index in [1.54, 1.807) is 18.5 Å². The van der Waals surface area contributed by atoms with Crippen LogP contribution in [0.5, 0.6) is 0 Å². The second-order valence-corrected chi connectivity index (χ2v) is 7.64. The molecule has 1 aliphatic rings. The summed E-state index contributed by atoms with van der Waals surface area (Å²) in [4.78, 5) is 0.277. The molecule has 0 amide bonds. The van der Waals surface area contributed by atoms with Gasteiger partial charge in [-0.1, -0.05) is 6.92 Å². The molecule has 2 rings (SSSR count). The van der Waals surface area contributed by atoms with E-state index in [1.807, 2.05) is 0 Å². The summed E-state index contributed by atoms with van der Waals surface area (Å²) < 4.78 is 29.2. The van der Waals surface area contributed by atoms with Crippen molar-refractivity contribution in [2.75, 3.05) is 13.2 Å². The summed E-state index contributed by atoms with van der Waals surface area (Å²) in [6, 6.07) is 0. The van der Waals surface area contributed by atoms with Crippen LogP contribution in [0.15, 0.2) is 4.90 Å². The Labute approximate surface area is 120 Å². The summed E-state index contributed by atoms with van der Waals surface area (Å²) in [6.45, 7) is 6.62. The average molecular weight is 301 g/mol. The average Bonchev–Trinajstić information content (AvgIpc) is 3.03. The van der Waals surface area contributed by atoms with Crippen LogP contribution in [-0.2, 0) is 16.6 Å². The first kappa shape index (κ1) is 15.5. The zero-order chi connectivity index (χ0) is 15.0. The van der Waals surface area contributed by atoms with Crippen molar-refractivity contribution in [3.63, 3.8) is 0 Å². The van der Waals surface area contributed by atoms with Gasteiger partial charge < -0.3 is 5.11 Å². The molecule has 0 aromatic carbocycles. The van der Waals surface area contributed by atoms with Gasteiger partial charge in [0.25, 0.3) is 0 Å². The van der Waals surface area contributed by atoms with Crippen molar-refractivity contribution in [3.05, 3.63) is 11.4 Å². The van der Waals surface area contributed by atoms with Crippen molar-refractivity contribution in [2.24, 2.45) is 5.41 Å². The topological polar surface area (TPSA) is 84.2 Å². The number of hydrogen-bond donors (Lipinski definition) is 2. The first-order valence-corrected chi connectivity index (χ1v) is 8.42. The molecule has 0 bridgehead atoms. The highest BCUT2D eigenvalue weighted by atomic mass is 32.2. The Morgan fingerprint density at radius 3 is 2.60 bits per heavy atom. The molecule has 114 valence electrons. The number of hydrogen-bond acceptors (Lipinski definition) is 4. The van der Waals surface area contributed by atoms with Gasteiger partial charge in [-0.25, -0.2) is 13.1 Å². The highest BCUT2D eigenvalue weighted by molar-refractivity contribution is 7.89. The molecule has 0 atom stereocenters. The van der Waals surface area contributed by atoms with E-state index in [2.05, 4.69) is 16.7 Å². The van der Waals surface area contributed by atoms with Crippen LogP contribution in [0.2, 0.25) is 0 Å². The fraction of sp³-hybridized carbons (Fsp3) is 0.769. The molecule has 0 unspecified atom stereocenters. The zero-order valence-corrected chi connectivity index (χ0v) is 13.1. The Balaban J connectivity index is 2.19. The molecule has 1 saturated carbocycles. The monoisotopic (exact) mass is 301 g/mol. The minimum absolute atomic E-state index is 0.0665. The molecule has 0 aliphatic heterocycles. The van der Waals surface area contributed by atoms with Crippen LogP contribution in [-0.4, -0.2) is 36.5 Å². The number of aromatic nitrogens is 2. The highest BCUT2D eigenvalue weighted by Gasteiger charge is 2.38. The molecule has 0 saturated heterocycles. The van der Waals surface area contributed by atoms with Crippen molar-refractivity contribution in [1.82, 2.24) is 14.5 Å². The van der Waals surface area contributed by atoms with Crippen molar-refractivity contribution in [3.8, 4) is 0 Å². The van der Waals surface area contributed by atoms with Gasteiger partial charge in [0.1, 0.15) is 4.90 Å². The SMILES string of the molecule is Cc1nn(CCCO)c(C)c1S(=O)(=O)NCC1(C)CC1. The second-order valence-electron chi connectivity index (χ2n) is 5.94. The van der Waals surface area contributed by atoms with Crippen molar-refractivity contribution < 1.29 is 13.5 Å². The fourth-order valence-corrected chi connectivity index (χ4v) is 3.85. The standard InChI is InChI=1S/C13H23N3O3S/c1-10-12(11(2)16(15-10)7-4-8-17)20(18,19)14-9-13(3)5-6-13/h14,17H,4-9H2,1-3H3. The second kappa shape index (κ2) is 5.46. The van der Waals surface area contributed by atoms with E-state index in [-0.39, 0.29) is 16.9 Å². The number of rotatable bonds is 7. The number of aliphatic hydroxyl groups excluding tert-OH is 1. The molecular weight excluding hydrogens is 278 g/mol. The van der Waals surface area contributed by atoms with E-state index in [1.165, 1.54) is 0 Å². The third kappa shape index (κ3) is 3.21. The first-order chi connectivity index (χ1) is 9.29. The lowest BCUT2D eigenvalue weighted by atomic mass is 10.2. The third-order valence-corrected chi connectivity index (χ3v) is 5.56. The minimum atomic E-state index is -3.51. The summed E-state index contributed by atoms with van der Waals surface area (Å²) in [5.41, 5.74) is 1.26. The van der Waals surface area contributed by atoms with Crippen molar-refractivity contribution in [2.45, 2.75) is 51.5 Å². The number of sulfonamides is 1. The van der Waals surface area contributed by atoms with E-state index < -0.39 is 10.0 Å². The number of nitrogens with one attached hydrogen (secondary N) is 1. The lowest BCUT2D eigenvalue weighted by molar-refractivity contribution is 0.276. The van der Waals surface area contributed by atoms with Crippen molar-refractivity contribution in [1.29, 1.82) is 0 Å². The molecular formula is C13H23N3O3S. The van der Waals surface area contributed by atoms with Gasteiger partial charge in [-0.3, -0.25) is 4.68 Å². The highest BCUT2D eigenvalue weighted by Crippen LogP contribution is 2.44. The van der Waals surface area contributed by atoms with Crippen LogP contribution >= 0.6 is 0 Å². The van der Waals surface area contributed by atoms with Crippen LogP contribution in [0.4, 0.5) is 0 Å². The zero-order valence-electron chi connectivity index (χ0n) is 12.3. The van der Waals surface area contributed by atoms with Crippen LogP contribution < -0.4 is 4.72 Å². The Kier molecular flexibility index (Phi) is 4.22. The molecule has 7 heteroatoms. The summed E-state index contributed by atoms with van der Waals surface area (Å²) in [5, 5.41) is 13.1. The lowest BCUT2D eigenvalue weighted by Crippen LogP contribution is -2.30. The van der Waals surface area contributed by atoms with Gasteiger partial charge in [0.15, 0.2) is 0 Å². The molecule has 2 N–H and O–H groups in total. The number of nitrogens with zero attached hydrogens (tertiary/aromatic N) is 2. The van der Waals surface area contributed by atoms with Gasteiger partial charge in [0.2, 0.25) is 10.0 Å². The normalized spacial score (nSPS) is 17.4. The van der Waals surface area contributed by atoms with E-state index >= 15 is 0 Å². The Morgan fingerprint density at radius 1 is 1.40 bits per heavy atom. The van der Waals surface area contributed by atoms with E-state index in [4.69, 9.17) is 5.11 Å². The van der Waals surface area contributed by atoms with Crippen LogP contribution in [0.3, 0.4) is 0 Å². The molecule has 0 radical (unpaired) electrons. The van der Waals surface area contributed by atoms with E-state index in [9.17, 15) is 8.42 Å². The van der Waals surface area contributed by atoms with Crippen molar-refractivity contribution >= 4 is 10.0 Å². The molecule has 20 heavy (non-hydrogen) atoms. The number of aliphatic hydroxyl groups is 1. The molecule has 1 heterocycles. The van der Waals surface area contributed by atoms with Crippen LogP contribution in [0, 0.1) is 19.3 Å². The van der Waals surface area contributed by atoms with Crippen LogP contribution in [0.25, 0.3) is 0 Å². The molecule has 1 aromatic heterocycles. The minimum Gasteiger partial charge on any atom is -0.396 e. The van der Waals surface area contributed by atoms with Gasteiger partial charge in [-0.05, 0) is 38.5 Å². The van der Waals surface area contributed by atoms with Gasteiger partial charge in [0.05, 0.1) is 11.4 Å². The maximum atomic E-state index is 12.4. The predicted molar refractivity (Wildman–Crippen MR) is 75.9 cm³/mol. The van der Waals surface area contributed by atoms with E-state index in [0.29, 0.717) is 30.9 Å². The van der Waals surface area contributed by atoms with Gasteiger partial charge in [-0.2, -0.15) is 5.10 Å². The maximum absolute atomic E-state index is 12.4. The smallest absolute Gasteiger partial charge is 0.244 e. The summed E-state index contributed by atoms with van der Waals surface area (Å²) in [7, 11) is -3.51. The quantitative estimate of drug-likeness (QED) is 0.785. The molecule has 1 aliphatic carbocycles. The molecule has 1 fully saturated rings.